The summed E-state index contributed by atoms with van der Waals surface area (Å²) in [7, 11) is -3.98. The first-order chi connectivity index (χ1) is 12.4. The highest BCUT2D eigenvalue weighted by Crippen LogP contribution is 2.17. The molecular formula is C18H27ClN2O5S. The van der Waals surface area contributed by atoms with E-state index < -0.39 is 34.5 Å². The summed E-state index contributed by atoms with van der Waals surface area (Å²) in [6.45, 7) is 8.63. The first kappa shape index (κ1) is 23.4. The largest absolute Gasteiger partial charge is 0.454 e. The zero-order valence-corrected chi connectivity index (χ0v) is 17.7. The standard InChI is InChI=1S/C18H27ClN2O5S/c1-11(2)13(5)20-16(22)10-26-18(23)17(12(3)4)21-27(24,25)15-8-6-7-14(19)9-15/h6-9,11-13,17,21H,10H2,1-5H3,(H,20,22)/t13-,17+/m1/s1. The van der Waals surface area contributed by atoms with Crippen LogP contribution >= 0.6 is 11.6 Å². The highest BCUT2D eigenvalue weighted by Gasteiger charge is 2.30. The lowest BCUT2D eigenvalue weighted by atomic mass is 10.1. The minimum absolute atomic E-state index is 0.0584. The van der Waals surface area contributed by atoms with Gasteiger partial charge in [-0.2, -0.15) is 4.72 Å². The molecule has 2 N–H and O–H groups in total. The van der Waals surface area contributed by atoms with Crippen molar-refractivity contribution in [1.82, 2.24) is 10.0 Å². The molecule has 0 heterocycles. The summed E-state index contributed by atoms with van der Waals surface area (Å²) in [5.74, 6) is -1.41. The SMILES string of the molecule is CC(C)[C@H](NS(=O)(=O)c1cccc(Cl)c1)C(=O)OCC(=O)N[C@H](C)C(C)C. The normalized spacial score (nSPS) is 14.1. The molecular weight excluding hydrogens is 392 g/mol. The summed E-state index contributed by atoms with van der Waals surface area (Å²) in [5.41, 5.74) is 0. The summed E-state index contributed by atoms with van der Waals surface area (Å²) in [5, 5.41) is 2.98. The Morgan fingerprint density at radius 3 is 2.26 bits per heavy atom. The number of hydrogen-bond donors (Lipinski definition) is 2. The highest BCUT2D eigenvalue weighted by atomic mass is 35.5. The van der Waals surface area contributed by atoms with E-state index in [0.29, 0.717) is 0 Å². The van der Waals surface area contributed by atoms with Crippen molar-refractivity contribution in [3.05, 3.63) is 29.3 Å². The lowest BCUT2D eigenvalue weighted by molar-refractivity contribution is -0.151. The van der Waals surface area contributed by atoms with Crippen molar-refractivity contribution in [3.8, 4) is 0 Å². The first-order valence-electron chi connectivity index (χ1n) is 8.68. The topological polar surface area (TPSA) is 102 Å². The smallest absolute Gasteiger partial charge is 0.324 e. The van der Waals surface area contributed by atoms with E-state index in [0.717, 1.165) is 0 Å². The van der Waals surface area contributed by atoms with Crippen LogP contribution in [-0.4, -0.2) is 39.0 Å². The number of hydrogen-bond acceptors (Lipinski definition) is 5. The lowest BCUT2D eigenvalue weighted by Gasteiger charge is -2.21. The number of amides is 1. The van der Waals surface area contributed by atoms with E-state index in [2.05, 4.69) is 10.0 Å². The molecule has 0 aliphatic rings. The molecule has 0 aliphatic heterocycles. The molecule has 1 aromatic rings. The quantitative estimate of drug-likeness (QED) is 0.599. The molecule has 0 radical (unpaired) electrons. The van der Waals surface area contributed by atoms with Gasteiger partial charge in [-0.3, -0.25) is 9.59 Å². The molecule has 0 spiro atoms. The Hall–Kier alpha value is -1.64. The van der Waals surface area contributed by atoms with Crippen LogP contribution in [0.25, 0.3) is 0 Å². The third-order valence-electron chi connectivity index (χ3n) is 4.04. The van der Waals surface area contributed by atoms with Gasteiger partial charge in [0.2, 0.25) is 10.0 Å². The second kappa shape index (κ2) is 10.1. The second-order valence-electron chi connectivity index (χ2n) is 7.01. The van der Waals surface area contributed by atoms with Gasteiger partial charge in [0.05, 0.1) is 4.90 Å². The molecule has 0 bridgehead atoms. The Bertz CT molecular complexity index is 765. The van der Waals surface area contributed by atoms with Crippen LogP contribution in [0.2, 0.25) is 5.02 Å². The molecule has 0 saturated heterocycles. The number of benzene rings is 1. The molecule has 2 atom stereocenters. The van der Waals surface area contributed by atoms with E-state index in [1.54, 1.807) is 19.9 Å². The van der Waals surface area contributed by atoms with E-state index >= 15 is 0 Å². The fraction of sp³-hybridized carbons (Fsp3) is 0.556. The monoisotopic (exact) mass is 418 g/mol. The first-order valence-corrected chi connectivity index (χ1v) is 10.5. The van der Waals surface area contributed by atoms with Gasteiger partial charge in [-0.25, -0.2) is 8.42 Å². The third kappa shape index (κ3) is 7.48. The van der Waals surface area contributed by atoms with Crippen LogP contribution in [0.15, 0.2) is 29.2 Å². The molecule has 0 aromatic heterocycles. The van der Waals surface area contributed by atoms with Crippen molar-refractivity contribution in [2.45, 2.75) is 51.6 Å². The Kier molecular flexibility index (Phi) is 8.71. The highest BCUT2D eigenvalue weighted by molar-refractivity contribution is 7.89. The molecule has 27 heavy (non-hydrogen) atoms. The molecule has 9 heteroatoms. The van der Waals surface area contributed by atoms with Gasteiger partial charge < -0.3 is 10.1 Å². The summed E-state index contributed by atoms with van der Waals surface area (Å²) in [4.78, 5) is 24.1. The van der Waals surface area contributed by atoms with E-state index in [1.807, 2.05) is 20.8 Å². The molecule has 0 unspecified atom stereocenters. The average molecular weight is 419 g/mol. The van der Waals surface area contributed by atoms with Crippen LogP contribution in [-0.2, 0) is 24.3 Å². The lowest BCUT2D eigenvalue weighted by Crippen LogP contribution is -2.46. The van der Waals surface area contributed by atoms with E-state index in [4.69, 9.17) is 16.3 Å². The minimum atomic E-state index is -3.98. The van der Waals surface area contributed by atoms with Crippen LogP contribution in [0, 0.1) is 11.8 Å². The number of nitrogens with one attached hydrogen (secondary N) is 2. The van der Waals surface area contributed by atoms with Crippen LogP contribution in [0.4, 0.5) is 0 Å². The van der Waals surface area contributed by atoms with E-state index in [1.165, 1.54) is 18.2 Å². The molecule has 1 amide bonds. The Balaban J connectivity index is 2.78. The van der Waals surface area contributed by atoms with Gasteiger partial charge in [-0.1, -0.05) is 45.4 Å². The van der Waals surface area contributed by atoms with Crippen molar-refractivity contribution in [3.63, 3.8) is 0 Å². The van der Waals surface area contributed by atoms with Gasteiger partial charge in [0.25, 0.3) is 5.91 Å². The summed E-state index contributed by atoms with van der Waals surface area (Å²) in [6, 6.07) is 4.50. The van der Waals surface area contributed by atoms with Gasteiger partial charge in [0.15, 0.2) is 6.61 Å². The molecule has 1 aromatic carbocycles. The number of esters is 1. The number of sulfonamides is 1. The number of ether oxygens (including phenoxy) is 1. The Morgan fingerprint density at radius 1 is 1.11 bits per heavy atom. The summed E-state index contributed by atoms with van der Waals surface area (Å²) < 4.78 is 32.3. The molecule has 0 fully saturated rings. The Labute approximate surface area is 165 Å². The fourth-order valence-corrected chi connectivity index (χ4v) is 3.65. The van der Waals surface area contributed by atoms with Crippen molar-refractivity contribution in [2.75, 3.05) is 6.61 Å². The van der Waals surface area contributed by atoms with Crippen molar-refractivity contribution in [2.24, 2.45) is 11.8 Å². The van der Waals surface area contributed by atoms with Crippen LogP contribution in [0.1, 0.15) is 34.6 Å². The van der Waals surface area contributed by atoms with Gasteiger partial charge in [-0.15, -0.1) is 0 Å². The zero-order valence-electron chi connectivity index (χ0n) is 16.2. The Morgan fingerprint density at radius 2 is 1.74 bits per heavy atom. The number of carbonyl (C=O) groups is 2. The fourth-order valence-electron chi connectivity index (χ4n) is 2.01. The number of halogens is 1. The van der Waals surface area contributed by atoms with Gasteiger partial charge in [0, 0.05) is 11.1 Å². The van der Waals surface area contributed by atoms with E-state index in [9.17, 15) is 18.0 Å². The number of rotatable bonds is 9. The molecule has 152 valence electrons. The maximum absolute atomic E-state index is 12.5. The molecule has 0 aliphatic carbocycles. The summed E-state index contributed by atoms with van der Waals surface area (Å²) >= 11 is 5.83. The molecule has 0 saturated carbocycles. The predicted octanol–water partition coefficient (Wildman–Crippen LogP) is 2.35. The molecule has 7 nitrogen and oxygen atoms in total. The zero-order chi connectivity index (χ0) is 20.8. The average Bonchev–Trinajstić information content (AvgIpc) is 2.57. The predicted molar refractivity (Wildman–Crippen MR) is 104 cm³/mol. The van der Waals surface area contributed by atoms with Gasteiger partial charge >= 0.3 is 5.97 Å². The maximum atomic E-state index is 12.5. The van der Waals surface area contributed by atoms with Gasteiger partial charge in [-0.05, 0) is 37.0 Å². The minimum Gasteiger partial charge on any atom is -0.454 e. The number of carbonyl (C=O) groups excluding carboxylic acids is 2. The summed E-state index contributed by atoms with van der Waals surface area (Å²) in [6.07, 6.45) is 0. The van der Waals surface area contributed by atoms with E-state index in [-0.39, 0.29) is 27.8 Å². The van der Waals surface area contributed by atoms with Crippen molar-refractivity contribution >= 4 is 33.5 Å². The maximum Gasteiger partial charge on any atom is 0.324 e. The van der Waals surface area contributed by atoms with Crippen LogP contribution < -0.4 is 10.0 Å². The van der Waals surface area contributed by atoms with Crippen molar-refractivity contribution in [1.29, 1.82) is 0 Å². The van der Waals surface area contributed by atoms with Crippen molar-refractivity contribution < 1.29 is 22.7 Å². The third-order valence-corrected chi connectivity index (χ3v) is 5.72. The second-order valence-corrected chi connectivity index (χ2v) is 9.16. The van der Waals surface area contributed by atoms with Crippen LogP contribution in [0.3, 0.4) is 0 Å². The van der Waals surface area contributed by atoms with Crippen LogP contribution in [0.5, 0.6) is 0 Å². The van der Waals surface area contributed by atoms with Gasteiger partial charge in [0.1, 0.15) is 6.04 Å². The molecule has 1 rings (SSSR count).